The number of benzene rings is 1. The fourth-order valence-electron chi connectivity index (χ4n) is 2.70. The highest BCUT2D eigenvalue weighted by atomic mass is 32.2. The Hall–Kier alpha value is -1.04. The molecule has 2 nitrogen and oxygen atoms in total. The molecule has 0 N–H and O–H groups in total. The molecule has 6 heteroatoms. The van der Waals surface area contributed by atoms with Crippen LogP contribution in [0.15, 0.2) is 29.2 Å². The number of sulfone groups is 1. The van der Waals surface area contributed by atoms with Crippen LogP contribution in [0.4, 0.5) is 13.2 Å². The van der Waals surface area contributed by atoms with Crippen molar-refractivity contribution in [2.75, 3.05) is 5.75 Å². The molecule has 1 fully saturated rings. The number of halogens is 3. The highest BCUT2D eigenvalue weighted by molar-refractivity contribution is 7.91. The second-order valence-corrected chi connectivity index (χ2v) is 7.27. The Kier molecular flexibility index (Phi) is 4.42. The molecule has 20 heavy (non-hydrogen) atoms. The molecule has 0 radical (unpaired) electrons. The van der Waals surface area contributed by atoms with Crippen LogP contribution >= 0.6 is 0 Å². The van der Waals surface area contributed by atoms with Gasteiger partial charge in [-0.3, -0.25) is 0 Å². The predicted molar refractivity (Wildman–Crippen MR) is 70.4 cm³/mol. The average molecular weight is 306 g/mol. The summed E-state index contributed by atoms with van der Waals surface area (Å²) < 4.78 is 60.5. The summed E-state index contributed by atoms with van der Waals surface area (Å²) in [6, 6.07) is 6.00. The minimum absolute atomic E-state index is 0.224. The summed E-state index contributed by atoms with van der Waals surface area (Å²) in [7, 11) is -4.30. The molecule has 0 heterocycles. The lowest BCUT2D eigenvalue weighted by Crippen LogP contribution is -2.23. The van der Waals surface area contributed by atoms with Gasteiger partial charge in [-0.1, -0.05) is 31.4 Å². The maximum atomic E-state index is 12.3. The maximum Gasteiger partial charge on any atom is 0.403 e. The van der Waals surface area contributed by atoms with E-state index < -0.39 is 21.8 Å². The molecule has 0 aromatic heterocycles. The van der Waals surface area contributed by atoms with Gasteiger partial charge >= 0.3 is 6.18 Å². The van der Waals surface area contributed by atoms with Crippen molar-refractivity contribution in [1.82, 2.24) is 0 Å². The number of hydrogen-bond donors (Lipinski definition) is 0. The maximum absolute atomic E-state index is 12.3. The quantitative estimate of drug-likeness (QED) is 0.843. The SMILES string of the molecule is O=S(=O)(CC(F)(F)F)c1cccc(C2CCCCC2)c1. The van der Waals surface area contributed by atoms with E-state index in [-0.39, 0.29) is 10.8 Å². The van der Waals surface area contributed by atoms with Crippen LogP contribution in [-0.2, 0) is 9.84 Å². The van der Waals surface area contributed by atoms with Crippen molar-refractivity contribution in [3.63, 3.8) is 0 Å². The van der Waals surface area contributed by atoms with Crippen LogP contribution in [0, 0.1) is 0 Å². The Labute approximate surface area is 116 Å². The molecule has 1 aromatic carbocycles. The van der Waals surface area contributed by atoms with Crippen LogP contribution in [0.1, 0.15) is 43.6 Å². The molecule has 0 amide bonds. The van der Waals surface area contributed by atoms with Crippen LogP contribution in [0.25, 0.3) is 0 Å². The predicted octanol–water partition coefficient (Wildman–Crippen LogP) is 4.07. The summed E-state index contributed by atoms with van der Waals surface area (Å²) in [6.07, 6.45) is 0.585. The summed E-state index contributed by atoms with van der Waals surface area (Å²) in [6.45, 7) is 0. The van der Waals surface area contributed by atoms with Crippen LogP contribution < -0.4 is 0 Å². The Balaban J connectivity index is 2.25. The third-order valence-electron chi connectivity index (χ3n) is 3.65. The van der Waals surface area contributed by atoms with E-state index in [1.54, 1.807) is 0 Å². The van der Waals surface area contributed by atoms with Crippen LogP contribution in [0.5, 0.6) is 0 Å². The number of rotatable bonds is 3. The van der Waals surface area contributed by atoms with Gasteiger partial charge in [-0.15, -0.1) is 0 Å². The molecule has 0 spiro atoms. The fourth-order valence-corrected chi connectivity index (χ4v) is 3.90. The minimum atomic E-state index is -4.71. The molecule has 0 bridgehead atoms. The van der Waals surface area contributed by atoms with Gasteiger partial charge < -0.3 is 0 Å². The van der Waals surface area contributed by atoms with Crippen LogP contribution in [0.2, 0.25) is 0 Å². The van der Waals surface area contributed by atoms with Gasteiger partial charge in [-0.05, 0) is 36.5 Å². The third-order valence-corrected chi connectivity index (χ3v) is 5.33. The molecule has 1 aliphatic carbocycles. The van der Waals surface area contributed by atoms with Crippen molar-refractivity contribution < 1.29 is 21.6 Å². The van der Waals surface area contributed by atoms with E-state index in [1.165, 1.54) is 24.6 Å². The Morgan fingerprint density at radius 1 is 1.10 bits per heavy atom. The van der Waals surface area contributed by atoms with E-state index in [1.807, 2.05) is 6.07 Å². The second-order valence-electron chi connectivity index (χ2n) is 5.28. The van der Waals surface area contributed by atoms with Crippen LogP contribution in [0.3, 0.4) is 0 Å². The molecular weight excluding hydrogens is 289 g/mol. The normalized spacial score (nSPS) is 18.1. The third kappa shape index (κ3) is 3.98. The van der Waals surface area contributed by atoms with Crippen molar-refractivity contribution in [3.8, 4) is 0 Å². The van der Waals surface area contributed by atoms with Crippen molar-refractivity contribution in [3.05, 3.63) is 29.8 Å². The number of alkyl halides is 3. The first-order valence-corrected chi connectivity index (χ1v) is 8.33. The summed E-state index contributed by atoms with van der Waals surface area (Å²) in [5.74, 6) is -1.53. The Bertz CT molecular complexity index is 558. The smallest absolute Gasteiger partial charge is 0.223 e. The molecule has 112 valence electrons. The summed E-state index contributed by atoms with van der Waals surface area (Å²) >= 11 is 0. The molecule has 2 rings (SSSR count). The average Bonchev–Trinajstić information content (AvgIpc) is 2.37. The van der Waals surface area contributed by atoms with Gasteiger partial charge in [0.2, 0.25) is 0 Å². The standard InChI is InChI=1S/C14H17F3O2S/c15-14(16,17)10-20(18,19)13-8-4-7-12(9-13)11-5-2-1-3-6-11/h4,7-9,11H,1-3,5-6,10H2. The van der Waals surface area contributed by atoms with Gasteiger partial charge in [-0.2, -0.15) is 13.2 Å². The van der Waals surface area contributed by atoms with E-state index in [9.17, 15) is 21.6 Å². The van der Waals surface area contributed by atoms with E-state index in [2.05, 4.69) is 0 Å². The van der Waals surface area contributed by atoms with E-state index >= 15 is 0 Å². The van der Waals surface area contributed by atoms with E-state index in [0.717, 1.165) is 31.2 Å². The van der Waals surface area contributed by atoms with Gasteiger partial charge in [0.1, 0.15) is 0 Å². The lowest BCUT2D eigenvalue weighted by Gasteiger charge is -2.22. The van der Waals surface area contributed by atoms with Crippen molar-refractivity contribution >= 4 is 9.84 Å². The molecular formula is C14H17F3O2S. The first kappa shape index (κ1) is 15.4. The largest absolute Gasteiger partial charge is 0.403 e. The first-order chi connectivity index (χ1) is 9.28. The minimum Gasteiger partial charge on any atom is -0.223 e. The lowest BCUT2D eigenvalue weighted by molar-refractivity contribution is -0.106. The van der Waals surface area contributed by atoms with E-state index in [4.69, 9.17) is 0 Å². The van der Waals surface area contributed by atoms with Crippen molar-refractivity contribution in [2.45, 2.75) is 49.1 Å². The molecule has 0 atom stereocenters. The zero-order valence-corrected chi connectivity index (χ0v) is 11.8. The molecule has 1 aromatic rings. The lowest BCUT2D eigenvalue weighted by atomic mass is 9.84. The first-order valence-electron chi connectivity index (χ1n) is 6.67. The monoisotopic (exact) mass is 306 g/mol. The molecule has 1 saturated carbocycles. The van der Waals surface area contributed by atoms with E-state index in [0.29, 0.717) is 0 Å². The van der Waals surface area contributed by atoms with Gasteiger partial charge in [0.25, 0.3) is 0 Å². The number of hydrogen-bond acceptors (Lipinski definition) is 2. The van der Waals surface area contributed by atoms with Gasteiger partial charge in [0.15, 0.2) is 15.6 Å². The Morgan fingerprint density at radius 2 is 1.75 bits per heavy atom. The molecule has 1 aliphatic rings. The van der Waals surface area contributed by atoms with Gasteiger partial charge in [-0.25, -0.2) is 8.42 Å². The van der Waals surface area contributed by atoms with Gasteiger partial charge in [0.05, 0.1) is 4.90 Å². The van der Waals surface area contributed by atoms with Crippen LogP contribution in [-0.4, -0.2) is 20.3 Å². The van der Waals surface area contributed by atoms with Crippen molar-refractivity contribution in [2.24, 2.45) is 0 Å². The second kappa shape index (κ2) is 5.76. The topological polar surface area (TPSA) is 34.1 Å². The fraction of sp³-hybridized carbons (Fsp3) is 0.571. The highest BCUT2D eigenvalue weighted by Crippen LogP contribution is 2.34. The zero-order chi connectivity index (χ0) is 14.8. The summed E-state index contributed by atoms with van der Waals surface area (Å²) in [5.41, 5.74) is 0.841. The molecule has 0 saturated heterocycles. The zero-order valence-electron chi connectivity index (χ0n) is 11.0. The molecule has 0 aliphatic heterocycles. The Morgan fingerprint density at radius 3 is 2.35 bits per heavy atom. The molecule has 0 unspecified atom stereocenters. The van der Waals surface area contributed by atoms with Crippen molar-refractivity contribution in [1.29, 1.82) is 0 Å². The highest BCUT2D eigenvalue weighted by Gasteiger charge is 2.36. The van der Waals surface area contributed by atoms with Gasteiger partial charge in [0, 0.05) is 0 Å². The summed E-state index contributed by atoms with van der Waals surface area (Å²) in [5, 5.41) is 0. The summed E-state index contributed by atoms with van der Waals surface area (Å²) in [4.78, 5) is -0.224.